The number of allylic oxidation sites excluding steroid dienone is 3. The molecule has 0 rings (SSSR count). The summed E-state index contributed by atoms with van der Waals surface area (Å²) in [5.41, 5.74) is 0. The van der Waals surface area contributed by atoms with Gasteiger partial charge < -0.3 is 10.4 Å². The molecule has 0 atom stereocenters. The Bertz CT molecular complexity index is 330. The van der Waals surface area contributed by atoms with Crippen LogP contribution in [-0.4, -0.2) is 48.7 Å². The topological polar surface area (TPSA) is 52.6 Å². The van der Waals surface area contributed by atoms with Crippen LogP contribution < -0.4 is 5.32 Å². The summed E-state index contributed by atoms with van der Waals surface area (Å²) in [6.07, 6.45) is 15.8. The number of aliphatic hydroxyl groups excluding tert-OH is 1. The van der Waals surface area contributed by atoms with Crippen LogP contribution in [0.3, 0.4) is 0 Å². The van der Waals surface area contributed by atoms with Crippen molar-refractivity contribution in [3.8, 4) is 0 Å². The third-order valence-electron chi connectivity index (χ3n) is 4.06. The van der Waals surface area contributed by atoms with Crippen molar-refractivity contribution in [2.45, 2.75) is 64.7 Å². The summed E-state index contributed by atoms with van der Waals surface area (Å²) in [6.45, 7) is 9.10. The number of hydrogen-bond donors (Lipinski definition) is 2. The second-order valence-corrected chi connectivity index (χ2v) is 6.22. The van der Waals surface area contributed by atoms with Gasteiger partial charge in [-0.3, -0.25) is 9.69 Å². The first-order valence-corrected chi connectivity index (χ1v) is 9.56. The summed E-state index contributed by atoms with van der Waals surface area (Å²) < 4.78 is 0. The maximum Gasteiger partial charge on any atom is 0.220 e. The van der Waals surface area contributed by atoms with Crippen LogP contribution in [0.4, 0.5) is 0 Å². The number of nitrogens with one attached hydrogen (secondary N) is 1. The molecule has 24 heavy (non-hydrogen) atoms. The van der Waals surface area contributed by atoms with Crippen LogP contribution in [0.5, 0.6) is 0 Å². The maximum absolute atomic E-state index is 11.8. The average molecular weight is 339 g/mol. The molecule has 0 aliphatic carbocycles. The monoisotopic (exact) mass is 338 g/mol. The standard InChI is InChI=1S/C20H38N2O2/c1-3-5-7-9-11-13-16-22(18-19-23)17-15-21-20(24)14-12-10-8-6-4-2/h3-4,6,23H,1,5,7-19H2,2H3,(H,21,24)/b6-4+. The average Bonchev–Trinajstić information content (AvgIpc) is 2.57. The zero-order chi connectivity index (χ0) is 17.9. The Morgan fingerprint density at radius 2 is 1.79 bits per heavy atom. The number of amides is 1. The van der Waals surface area contributed by atoms with Crippen LogP contribution in [-0.2, 0) is 4.79 Å². The van der Waals surface area contributed by atoms with E-state index < -0.39 is 0 Å². The van der Waals surface area contributed by atoms with Gasteiger partial charge in [-0.05, 0) is 52.0 Å². The van der Waals surface area contributed by atoms with Crippen LogP contribution in [0, 0.1) is 0 Å². The van der Waals surface area contributed by atoms with E-state index in [0.717, 1.165) is 45.2 Å². The predicted octanol–water partition coefficient (Wildman–Crippen LogP) is 3.67. The van der Waals surface area contributed by atoms with E-state index in [1.807, 2.05) is 13.0 Å². The van der Waals surface area contributed by atoms with Gasteiger partial charge in [0.2, 0.25) is 5.91 Å². The molecule has 4 nitrogen and oxygen atoms in total. The van der Waals surface area contributed by atoms with Crippen molar-refractivity contribution >= 4 is 5.91 Å². The van der Waals surface area contributed by atoms with Crippen molar-refractivity contribution in [2.75, 3.05) is 32.8 Å². The minimum Gasteiger partial charge on any atom is -0.395 e. The number of unbranched alkanes of at least 4 members (excludes halogenated alkanes) is 6. The fourth-order valence-electron chi connectivity index (χ4n) is 2.61. The molecule has 0 aromatic carbocycles. The van der Waals surface area contributed by atoms with E-state index in [1.54, 1.807) is 0 Å². The Morgan fingerprint density at radius 1 is 1.04 bits per heavy atom. The van der Waals surface area contributed by atoms with Gasteiger partial charge in [-0.25, -0.2) is 0 Å². The minimum atomic E-state index is 0.142. The Kier molecular flexibility index (Phi) is 17.4. The molecule has 0 aliphatic heterocycles. The number of hydrogen-bond acceptors (Lipinski definition) is 3. The lowest BCUT2D eigenvalue weighted by atomic mass is 10.1. The van der Waals surface area contributed by atoms with Gasteiger partial charge in [0.1, 0.15) is 0 Å². The minimum absolute atomic E-state index is 0.142. The first-order valence-electron chi connectivity index (χ1n) is 9.56. The molecule has 0 unspecified atom stereocenters. The Hall–Kier alpha value is -1.13. The molecule has 0 aliphatic rings. The van der Waals surface area contributed by atoms with E-state index in [-0.39, 0.29) is 12.5 Å². The predicted molar refractivity (Wildman–Crippen MR) is 103 cm³/mol. The Labute approximate surface area is 149 Å². The third-order valence-corrected chi connectivity index (χ3v) is 4.06. The van der Waals surface area contributed by atoms with Crippen molar-refractivity contribution in [2.24, 2.45) is 0 Å². The van der Waals surface area contributed by atoms with Crippen LogP contribution in [0.2, 0.25) is 0 Å². The smallest absolute Gasteiger partial charge is 0.220 e. The van der Waals surface area contributed by atoms with E-state index in [4.69, 9.17) is 5.11 Å². The summed E-state index contributed by atoms with van der Waals surface area (Å²) in [4.78, 5) is 14.0. The molecule has 1 amide bonds. The van der Waals surface area contributed by atoms with Gasteiger partial charge in [0.25, 0.3) is 0 Å². The van der Waals surface area contributed by atoms with Gasteiger partial charge in [-0.2, -0.15) is 0 Å². The molecule has 0 saturated heterocycles. The zero-order valence-corrected chi connectivity index (χ0v) is 15.6. The lowest BCUT2D eigenvalue weighted by Crippen LogP contribution is -2.36. The highest BCUT2D eigenvalue weighted by molar-refractivity contribution is 5.75. The Balaban J connectivity index is 3.67. The summed E-state index contributed by atoms with van der Waals surface area (Å²) >= 11 is 0. The van der Waals surface area contributed by atoms with Crippen molar-refractivity contribution in [3.63, 3.8) is 0 Å². The van der Waals surface area contributed by atoms with Crippen molar-refractivity contribution in [3.05, 3.63) is 24.8 Å². The molecule has 4 heteroatoms. The number of aliphatic hydroxyl groups is 1. The fraction of sp³-hybridized carbons (Fsp3) is 0.750. The van der Waals surface area contributed by atoms with E-state index in [0.29, 0.717) is 19.5 Å². The van der Waals surface area contributed by atoms with Crippen molar-refractivity contribution in [1.29, 1.82) is 0 Å². The first-order chi connectivity index (χ1) is 11.7. The summed E-state index contributed by atoms with van der Waals surface area (Å²) in [6, 6.07) is 0. The molecule has 0 spiro atoms. The van der Waals surface area contributed by atoms with Crippen molar-refractivity contribution in [1.82, 2.24) is 10.2 Å². The maximum atomic E-state index is 11.8. The molecule has 0 bridgehead atoms. The van der Waals surface area contributed by atoms with E-state index in [2.05, 4.69) is 28.9 Å². The molecular weight excluding hydrogens is 300 g/mol. The highest BCUT2D eigenvalue weighted by atomic mass is 16.3. The summed E-state index contributed by atoms with van der Waals surface area (Å²) in [7, 11) is 0. The second kappa shape index (κ2) is 18.2. The van der Waals surface area contributed by atoms with Gasteiger partial charge in [-0.15, -0.1) is 6.58 Å². The largest absolute Gasteiger partial charge is 0.395 e. The zero-order valence-electron chi connectivity index (χ0n) is 15.6. The van der Waals surface area contributed by atoms with Crippen molar-refractivity contribution < 1.29 is 9.90 Å². The highest BCUT2D eigenvalue weighted by Crippen LogP contribution is 2.04. The molecular formula is C20H38N2O2. The second-order valence-electron chi connectivity index (χ2n) is 6.22. The van der Waals surface area contributed by atoms with E-state index in [1.165, 1.54) is 19.3 Å². The van der Waals surface area contributed by atoms with Gasteiger partial charge in [0.15, 0.2) is 0 Å². The molecule has 0 saturated carbocycles. The van der Waals surface area contributed by atoms with Gasteiger partial charge in [0.05, 0.1) is 6.61 Å². The first kappa shape index (κ1) is 22.9. The molecule has 0 fully saturated rings. The molecule has 0 radical (unpaired) electrons. The number of rotatable bonds is 17. The molecule has 140 valence electrons. The van der Waals surface area contributed by atoms with Gasteiger partial charge in [0, 0.05) is 26.1 Å². The van der Waals surface area contributed by atoms with Crippen LogP contribution in [0.1, 0.15) is 64.7 Å². The lowest BCUT2D eigenvalue weighted by molar-refractivity contribution is -0.121. The lowest BCUT2D eigenvalue weighted by Gasteiger charge is -2.21. The van der Waals surface area contributed by atoms with Gasteiger partial charge in [-0.1, -0.05) is 31.1 Å². The van der Waals surface area contributed by atoms with Crippen LogP contribution in [0.25, 0.3) is 0 Å². The third kappa shape index (κ3) is 15.8. The van der Waals surface area contributed by atoms with E-state index >= 15 is 0 Å². The van der Waals surface area contributed by atoms with Gasteiger partial charge >= 0.3 is 0 Å². The Morgan fingerprint density at radius 3 is 2.50 bits per heavy atom. The SMILES string of the molecule is C=CCCCCCCN(CCO)CCNC(=O)CCCC/C=C/C. The number of carbonyl (C=O) groups is 1. The molecule has 2 N–H and O–H groups in total. The quantitative estimate of drug-likeness (QED) is 0.314. The number of nitrogens with zero attached hydrogens (tertiary/aromatic N) is 1. The highest BCUT2D eigenvalue weighted by Gasteiger charge is 2.05. The van der Waals surface area contributed by atoms with Crippen LogP contribution >= 0.6 is 0 Å². The molecule has 0 heterocycles. The molecule has 0 aromatic heterocycles. The molecule has 0 aromatic rings. The summed E-state index contributed by atoms with van der Waals surface area (Å²) in [5.74, 6) is 0.142. The number of carbonyl (C=O) groups excluding carboxylic acids is 1. The van der Waals surface area contributed by atoms with Crippen LogP contribution in [0.15, 0.2) is 24.8 Å². The normalized spacial score (nSPS) is 11.3. The van der Waals surface area contributed by atoms with E-state index in [9.17, 15) is 4.79 Å². The fourth-order valence-corrected chi connectivity index (χ4v) is 2.61. The summed E-state index contributed by atoms with van der Waals surface area (Å²) in [5, 5.41) is 12.1.